The Kier molecular flexibility index (Phi) is 8.55. The predicted molar refractivity (Wildman–Crippen MR) is 167 cm³/mol. The molecule has 1 amide bonds. The van der Waals surface area contributed by atoms with E-state index < -0.39 is 0 Å². The normalized spacial score (nSPS) is 12.3. The maximum absolute atomic E-state index is 12.3. The molecule has 2 N–H and O–H groups in total. The van der Waals surface area contributed by atoms with Crippen molar-refractivity contribution < 1.29 is 9.53 Å². The first-order chi connectivity index (χ1) is 20.4. The van der Waals surface area contributed by atoms with Crippen molar-refractivity contribution in [2.24, 2.45) is 0 Å². The number of carbonyl (C=O) groups is 1. The number of aromatic nitrogens is 4. The van der Waals surface area contributed by atoms with Crippen LogP contribution in [0.1, 0.15) is 5.56 Å². The third-order valence-corrected chi connectivity index (χ3v) is 6.31. The summed E-state index contributed by atoms with van der Waals surface area (Å²) in [4.78, 5) is 25.5. The molecule has 0 spiro atoms. The topological polar surface area (TPSA) is 100 Å². The summed E-state index contributed by atoms with van der Waals surface area (Å²) < 4.78 is 7.48. The third kappa shape index (κ3) is 6.45. The van der Waals surface area contributed by atoms with Gasteiger partial charge in [-0.1, -0.05) is 49.1 Å². The SMILES string of the molecule is C=CC(=O)Nc1cc(Nc2nccc(-n3cc(CN(C)C)c(-c4ccccc4)n3)n2)c(OC)cc1N1C=CC=CC=C1. The number of anilines is 4. The van der Waals surface area contributed by atoms with Gasteiger partial charge in [-0.2, -0.15) is 10.1 Å². The Bertz CT molecular complexity index is 1660. The summed E-state index contributed by atoms with van der Waals surface area (Å²) in [5.41, 5.74) is 4.82. The van der Waals surface area contributed by atoms with Crippen molar-refractivity contribution in [3.63, 3.8) is 0 Å². The van der Waals surface area contributed by atoms with Crippen LogP contribution < -0.4 is 20.3 Å². The maximum Gasteiger partial charge on any atom is 0.247 e. The van der Waals surface area contributed by atoms with Crippen LogP contribution in [0.4, 0.5) is 23.0 Å². The van der Waals surface area contributed by atoms with Crippen molar-refractivity contribution in [1.29, 1.82) is 0 Å². The molecule has 1 aliphatic rings. The van der Waals surface area contributed by atoms with Gasteiger partial charge in [-0.25, -0.2) is 9.67 Å². The number of rotatable bonds is 10. The number of methoxy groups -OCH3 is 1. The highest BCUT2D eigenvalue weighted by Gasteiger charge is 2.18. The largest absolute Gasteiger partial charge is 0.494 e. The van der Waals surface area contributed by atoms with Crippen LogP contribution >= 0.6 is 0 Å². The van der Waals surface area contributed by atoms with Gasteiger partial charge in [0.15, 0.2) is 5.82 Å². The van der Waals surface area contributed by atoms with E-state index in [0.717, 1.165) is 23.4 Å². The molecule has 3 heterocycles. The minimum Gasteiger partial charge on any atom is -0.494 e. The van der Waals surface area contributed by atoms with Crippen molar-refractivity contribution in [3.05, 3.63) is 116 Å². The fraction of sp³-hybridized carbons (Fsp3) is 0.125. The molecule has 0 radical (unpaired) electrons. The van der Waals surface area contributed by atoms with Gasteiger partial charge in [-0.05, 0) is 38.4 Å². The van der Waals surface area contributed by atoms with Crippen LogP contribution in [0.15, 0.2) is 110 Å². The molecule has 4 aromatic rings. The Morgan fingerprint density at radius 2 is 1.81 bits per heavy atom. The fourth-order valence-corrected chi connectivity index (χ4v) is 4.44. The average Bonchev–Trinajstić information content (AvgIpc) is 3.22. The van der Waals surface area contributed by atoms with E-state index in [9.17, 15) is 4.79 Å². The van der Waals surface area contributed by atoms with Crippen molar-refractivity contribution in [2.75, 3.05) is 36.7 Å². The second-order valence-corrected chi connectivity index (χ2v) is 9.65. The highest BCUT2D eigenvalue weighted by atomic mass is 16.5. The number of benzene rings is 2. The molecule has 10 nitrogen and oxygen atoms in total. The molecule has 0 fully saturated rings. The molecule has 1 aliphatic heterocycles. The molecule has 42 heavy (non-hydrogen) atoms. The van der Waals surface area contributed by atoms with E-state index in [4.69, 9.17) is 14.8 Å². The molecular formula is C32H32N8O2. The van der Waals surface area contributed by atoms with E-state index in [1.54, 1.807) is 30.1 Å². The first-order valence-electron chi connectivity index (χ1n) is 13.3. The third-order valence-electron chi connectivity index (χ3n) is 6.31. The number of nitrogens with zero attached hydrogens (tertiary/aromatic N) is 6. The molecule has 10 heteroatoms. The lowest BCUT2D eigenvalue weighted by atomic mass is 10.1. The first-order valence-corrected chi connectivity index (χ1v) is 13.3. The summed E-state index contributed by atoms with van der Waals surface area (Å²) in [5.74, 6) is 1.13. The number of hydrogen-bond donors (Lipinski definition) is 2. The van der Waals surface area contributed by atoms with Gasteiger partial charge in [-0.3, -0.25) is 4.79 Å². The molecule has 2 aromatic heterocycles. The zero-order valence-corrected chi connectivity index (χ0v) is 23.7. The summed E-state index contributed by atoms with van der Waals surface area (Å²) in [6, 6.07) is 15.5. The number of hydrogen-bond acceptors (Lipinski definition) is 8. The minimum absolute atomic E-state index is 0.337. The molecule has 2 aromatic carbocycles. The molecule has 0 atom stereocenters. The van der Waals surface area contributed by atoms with Crippen LogP contribution in [0, 0.1) is 0 Å². The van der Waals surface area contributed by atoms with Gasteiger partial charge in [-0.15, -0.1) is 0 Å². The Balaban J connectivity index is 1.50. The van der Waals surface area contributed by atoms with Gasteiger partial charge in [0.1, 0.15) is 5.75 Å². The van der Waals surface area contributed by atoms with E-state index in [0.29, 0.717) is 34.6 Å². The second kappa shape index (κ2) is 12.8. The van der Waals surface area contributed by atoms with Crippen LogP contribution in [-0.2, 0) is 11.3 Å². The average molecular weight is 561 g/mol. The van der Waals surface area contributed by atoms with Crippen LogP contribution in [0.25, 0.3) is 17.1 Å². The highest BCUT2D eigenvalue weighted by molar-refractivity contribution is 6.02. The van der Waals surface area contributed by atoms with E-state index in [1.807, 2.05) is 98.3 Å². The Morgan fingerprint density at radius 1 is 1.05 bits per heavy atom. The Labute approximate surface area is 245 Å². The van der Waals surface area contributed by atoms with E-state index in [-0.39, 0.29) is 5.91 Å². The van der Waals surface area contributed by atoms with E-state index in [2.05, 4.69) is 27.1 Å². The molecule has 0 unspecified atom stereocenters. The van der Waals surface area contributed by atoms with Gasteiger partial charge in [0.2, 0.25) is 11.9 Å². The summed E-state index contributed by atoms with van der Waals surface area (Å²) in [6.45, 7) is 4.31. The van der Waals surface area contributed by atoms with Crippen molar-refractivity contribution >= 4 is 28.9 Å². The number of amides is 1. The zero-order valence-electron chi connectivity index (χ0n) is 23.7. The maximum atomic E-state index is 12.3. The predicted octanol–water partition coefficient (Wildman–Crippen LogP) is 5.67. The molecule has 0 saturated carbocycles. The quantitative estimate of drug-likeness (QED) is 0.239. The highest BCUT2D eigenvalue weighted by Crippen LogP contribution is 2.39. The number of nitrogens with one attached hydrogen (secondary N) is 2. The van der Waals surface area contributed by atoms with Gasteiger partial charge < -0.3 is 25.2 Å². The summed E-state index contributed by atoms with van der Waals surface area (Å²) in [6.07, 6.45) is 16.3. The standard InChI is InChI=1S/C32H32N8O2/c1-5-30(41)34-25-19-26(28(42-4)20-27(25)39-17-11-6-7-12-18-39)35-32-33-16-15-29(36-32)40-22-24(21-38(2)3)31(37-40)23-13-9-8-10-14-23/h5-20,22H,1,21H2,2-4H3,(H,34,41)(H,33,35,36). The molecule has 5 rings (SSSR count). The van der Waals surface area contributed by atoms with E-state index >= 15 is 0 Å². The number of ether oxygens (including phenoxy) is 1. The first kappa shape index (κ1) is 28.1. The zero-order chi connectivity index (χ0) is 29.5. The molecule has 0 aliphatic carbocycles. The van der Waals surface area contributed by atoms with Crippen LogP contribution in [0.2, 0.25) is 0 Å². The van der Waals surface area contributed by atoms with Crippen molar-refractivity contribution in [3.8, 4) is 22.8 Å². The number of carbonyl (C=O) groups excluding carboxylic acids is 1. The Hall–Kier alpha value is -5.48. The van der Waals surface area contributed by atoms with Gasteiger partial charge in [0, 0.05) is 54.6 Å². The Morgan fingerprint density at radius 3 is 2.50 bits per heavy atom. The lowest BCUT2D eigenvalue weighted by Gasteiger charge is -2.22. The monoisotopic (exact) mass is 560 g/mol. The second-order valence-electron chi connectivity index (χ2n) is 9.65. The van der Waals surface area contributed by atoms with Crippen molar-refractivity contribution in [1.82, 2.24) is 24.6 Å². The summed E-state index contributed by atoms with van der Waals surface area (Å²) >= 11 is 0. The molecule has 0 bridgehead atoms. The summed E-state index contributed by atoms with van der Waals surface area (Å²) in [5, 5.41) is 11.0. The number of allylic oxidation sites excluding steroid dienone is 4. The van der Waals surface area contributed by atoms with Gasteiger partial charge in [0.25, 0.3) is 0 Å². The van der Waals surface area contributed by atoms with Crippen molar-refractivity contribution in [2.45, 2.75) is 6.54 Å². The minimum atomic E-state index is -0.340. The van der Waals surface area contributed by atoms with Crippen LogP contribution in [0.5, 0.6) is 5.75 Å². The van der Waals surface area contributed by atoms with E-state index in [1.165, 1.54) is 6.08 Å². The molecular weight excluding hydrogens is 528 g/mol. The van der Waals surface area contributed by atoms with Crippen LogP contribution in [0.3, 0.4) is 0 Å². The smallest absolute Gasteiger partial charge is 0.247 e. The molecule has 212 valence electrons. The van der Waals surface area contributed by atoms with Gasteiger partial charge >= 0.3 is 0 Å². The van der Waals surface area contributed by atoms with Gasteiger partial charge in [0.05, 0.1) is 29.9 Å². The molecule has 0 saturated heterocycles. The lowest BCUT2D eigenvalue weighted by molar-refractivity contribution is -0.111. The lowest BCUT2D eigenvalue weighted by Crippen LogP contribution is -2.14. The fourth-order valence-electron chi connectivity index (χ4n) is 4.44. The summed E-state index contributed by atoms with van der Waals surface area (Å²) in [7, 11) is 5.64. The van der Waals surface area contributed by atoms with Crippen LogP contribution in [-0.4, -0.2) is 51.8 Å².